The van der Waals surface area contributed by atoms with E-state index in [4.69, 9.17) is 9.26 Å². The fraction of sp³-hybridized carbons (Fsp3) is 0.273. The molecular weight excluding hydrogens is 373 g/mol. The Kier molecular flexibility index (Phi) is 4.52. The minimum Gasteiger partial charge on any atom is -0.488 e. The van der Waals surface area contributed by atoms with Gasteiger partial charge in [0.25, 0.3) is 5.91 Å². The van der Waals surface area contributed by atoms with Crippen LogP contribution < -0.4 is 4.74 Å². The third-order valence-electron chi connectivity index (χ3n) is 5.41. The summed E-state index contributed by atoms with van der Waals surface area (Å²) in [5.41, 5.74) is 2.41. The molecule has 2 aliphatic heterocycles. The first-order chi connectivity index (χ1) is 14.2. The minimum absolute atomic E-state index is 0.184. The van der Waals surface area contributed by atoms with Crippen molar-refractivity contribution in [1.82, 2.24) is 15.0 Å². The van der Waals surface area contributed by atoms with Gasteiger partial charge in [-0.1, -0.05) is 35.5 Å². The van der Waals surface area contributed by atoms with Crippen molar-refractivity contribution in [2.75, 3.05) is 19.8 Å². The summed E-state index contributed by atoms with van der Waals surface area (Å²) >= 11 is 0. The summed E-state index contributed by atoms with van der Waals surface area (Å²) in [4.78, 5) is 17.0. The van der Waals surface area contributed by atoms with E-state index in [9.17, 15) is 9.18 Å². The Morgan fingerprint density at radius 2 is 1.93 bits per heavy atom. The van der Waals surface area contributed by atoms with Gasteiger partial charge in [0.2, 0.25) is 0 Å². The summed E-state index contributed by atoms with van der Waals surface area (Å²) in [6.45, 7) is 2.58. The Labute approximate surface area is 167 Å². The van der Waals surface area contributed by atoms with E-state index in [-0.39, 0.29) is 18.3 Å². The highest BCUT2D eigenvalue weighted by Gasteiger charge is 2.32. The Hall–Kier alpha value is -3.19. The van der Waals surface area contributed by atoms with Crippen LogP contribution in [0.4, 0.5) is 4.39 Å². The van der Waals surface area contributed by atoms with Crippen LogP contribution in [0.3, 0.4) is 0 Å². The fourth-order valence-corrected chi connectivity index (χ4v) is 3.93. The number of carbonyl (C=O) groups is 1. The van der Waals surface area contributed by atoms with Crippen molar-refractivity contribution in [3.63, 3.8) is 0 Å². The lowest BCUT2D eigenvalue weighted by Crippen LogP contribution is -2.47. The second kappa shape index (κ2) is 7.33. The molecular formula is C22H20FN3O3. The molecule has 0 N–H and O–H groups in total. The number of hydrogen-bond donors (Lipinski definition) is 0. The molecule has 0 spiro atoms. The largest absolute Gasteiger partial charge is 0.488 e. The van der Waals surface area contributed by atoms with Gasteiger partial charge in [0.05, 0.1) is 17.8 Å². The lowest BCUT2D eigenvalue weighted by atomic mass is 10.0. The molecule has 1 amide bonds. The van der Waals surface area contributed by atoms with Crippen molar-refractivity contribution in [2.45, 2.75) is 19.6 Å². The first-order valence-electron chi connectivity index (χ1n) is 9.66. The number of benzene rings is 2. The molecule has 2 aliphatic rings. The number of carbonyl (C=O) groups excluding carboxylic acids is 1. The average Bonchev–Trinajstić information content (AvgIpc) is 3.20. The van der Waals surface area contributed by atoms with Gasteiger partial charge in [-0.25, -0.2) is 4.39 Å². The van der Waals surface area contributed by atoms with Crippen LogP contribution >= 0.6 is 0 Å². The van der Waals surface area contributed by atoms with Crippen molar-refractivity contribution < 1.29 is 18.4 Å². The first-order valence-corrected chi connectivity index (χ1v) is 9.66. The second-order valence-corrected chi connectivity index (χ2v) is 7.33. The highest BCUT2D eigenvalue weighted by molar-refractivity contribution is 5.95. The molecule has 0 saturated carbocycles. The van der Waals surface area contributed by atoms with Crippen LogP contribution in [0.1, 0.15) is 28.0 Å². The highest BCUT2D eigenvalue weighted by atomic mass is 19.1. The van der Waals surface area contributed by atoms with Crippen molar-refractivity contribution >= 4 is 5.91 Å². The number of halogens is 1. The van der Waals surface area contributed by atoms with Crippen LogP contribution in [0.25, 0.3) is 11.3 Å². The van der Waals surface area contributed by atoms with Gasteiger partial charge in [-0.15, -0.1) is 0 Å². The molecule has 6 nitrogen and oxygen atoms in total. The summed E-state index contributed by atoms with van der Waals surface area (Å²) < 4.78 is 25.3. The van der Waals surface area contributed by atoms with E-state index in [1.165, 1.54) is 6.07 Å². The Morgan fingerprint density at radius 3 is 2.83 bits per heavy atom. The molecule has 1 fully saturated rings. The molecule has 5 rings (SSSR count). The molecule has 0 bridgehead atoms. The predicted octanol–water partition coefficient (Wildman–Crippen LogP) is 3.68. The topological polar surface area (TPSA) is 58.8 Å². The van der Waals surface area contributed by atoms with E-state index in [1.807, 2.05) is 30.3 Å². The predicted molar refractivity (Wildman–Crippen MR) is 104 cm³/mol. The van der Waals surface area contributed by atoms with Gasteiger partial charge in [-0.05, 0) is 24.6 Å². The van der Waals surface area contributed by atoms with Gasteiger partial charge in [0, 0.05) is 25.2 Å². The van der Waals surface area contributed by atoms with Crippen LogP contribution in [-0.4, -0.2) is 40.6 Å². The quantitative estimate of drug-likeness (QED) is 0.679. The van der Waals surface area contributed by atoms with Crippen molar-refractivity contribution in [1.29, 1.82) is 0 Å². The second-order valence-electron chi connectivity index (χ2n) is 7.33. The minimum atomic E-state index is -0.225. The zero-order valence-electron chi connectivity index (χ0n) is 15.8. The van der Waals surface area contributed by atoms with Crippen LogP contribution in [0.15, 0.2) is 53.1 Å². The van der Waals surface area contributed by atoms with E-state index in [1.54, 1.807) is 17.0 Å². The highest BCUT2D eigenvalue weighted by Crippen LogP contribution is 2.38. The number of rotatable bonds is 3. The monoisotopic (exact) mass is 393 g/mol. The van der Waals surface area contributed by atoms with Crippen LogP contribution in [0.5, 0.6) is 5.75 Å². The summed E-state index contributed by atoms with van der Waals surface area (Å²) in [6.07, 6.45) is 0.819. The molecule has 2 aromatic carbocycles. The van der Waals surface area contributed by atoms with E-state index in [2.05, 4.69) is 10.1 Å². The van der Waals surface area contributed by atoms with E-state index < -0.39 is 0 Å². The number of hydrogen-bond acceptors (Lipinski definition) is 5. The van der Waals surface area contributed by atoms with Crippen LogP contribution in [-0.2, 0) is 13.2 Å². The van der Waals surface area contributed by atoms with Gasteiger partial charge in [-0.2, -0.15) is 0 Å². The summed E-state index contributed by atoms with van der Waals surface area (Å²) in [5.74, 6) is 0.910. The van der Waals surface area contributed by atoms with E-state index in [0.717, 1.165) is 24.3 Å². The molecule has 3 aromatic rings. The molecule has 148 valence electrons. The molecule has 29 heavy (non-hydrogen) atoms. The van der Waals surface area contributed by atoms with Gasteiger partial charge >= 0.3 is 0 Å². The summed E-state index contributed by atoms with van der Waals surface area (Å²) in [7, 11) is 0. The van der Waals surface area contributed by atoms with Crippen molar-refractivity contribution in [3.8, 4) is 17.1 Å². The van der Waals surface area contributed by atoms with E-state index in [0.29, 0.717) is 42.3 Å². The fourth-order valence-electron chi connectivity index (χ4n) is 3.93. The third kappa shape index (κ3) is 3.27. The van der Waals surface area contributed by atoms with Crippen LogP contribution in [0, 0.1) is 5.82 Å². The molecule has 0 atom stereocenters. The van der Waals surface area contributed by atoms with Crippen LogP contribution in [0.2, 0.25) is 0 Å². The zero-order chi connectivity index (χ0) is 19.8. The number of fused-ring (bicyclic) bond motifs is 3. The Bertz CT molecular complexity index is 1060. The Morgan fingerprint density at radius 1 is 1.10 bits per heavy atom. The molecule has 3 heterocycles. The van der Waals surface area contributed by atoms with E-state index >= 15 is 0 Å². The smallest absolute Gasteiger partial charge is 0.277 e. The number of nitrogens with zero attached hydrogens (tertiary/aromatic N) is 3. The normalized spacial score (nSPS) is 16.1. The van der Waals surface area contributed by atoms with Crippen molar-refractivity contribution in [2.24, 2.45) is 0 Å². The number of ether oxygens (including phenoxy) is 1. The first kappa shape index (κ1) is 17.9. The maximum atomic E-state index is 14.0. The number of aromatic nitrogens is 1. The molecule has 0 aliphatic carbocycles. The lowest BCUT2D eigenvalue weighted by molar-refractivity contribution is 0.0466. The average molecular weight is 393 g/mol. The lowest BCUT2D eigenvalue weighted by Gasteiger charge is -2.35. The van der Waals surface area contributed by atoms with Gasteiger partial charge in [0.15, 0.2) is 11.5 Å². The number of para-hydroxylation sites is 1. The third-order valence-corrected chi connectivity index (χ3v) is 5.41. The molecule has 1 aromatic heterocycles. The van der Waals surface area contributed by atoms with Crippen molar-refractivity contribution in [3.05, 3.63) is 71.2 Å². The summed E-state index contributed by atoms with van der Waals surface area (Å²) in [6, 6.07) is 14.3. The van der Waals surface area contributed by atoms with Gasteiger partial charge < -0.3 is 14.2 Å². The SMILES string of the molecule is O=C(c1noc2c1COc1ccccc1-2)N1CCCN(Cc2ccccc2F)C1. The number of amides is 1. The Balaban J connectivity index is 1.35. The maximum absolute atomic E-state index is 14.0. The molecule has 0 radical (unpaired) electrons. The zero-order valence-corrected chi connectivity index (χ0v) is 15.8. The standard InChI is InChI=1S/C22H20FN3O3/c23-18-8-3-1-6-15(18)12-25-10-5-11-26(14-25)22(27)20-17-13-28-19-9-4-2-7-16(19)21(17)29-24-20/h1-4,6-9H,5,10-14H2. The maximum Gasteiger partial charge on any atom is 0.277 e. The molecule has 0 unspecified atom stereocenters. The molecule has 7 heteroatoms. The van der Waals surface area contributed by atoms with Gasteiger partial charge in [-0.3, -0.25) is 9.69 Å². The summed E-state index contributed by atoms with van der Waals surface area (Å²) in [5, 5.41) is 4.07. The molecule has 1 saturated heterocycles. The van der Waals surface area contributed by atoms with Gasteiger partial charge in [0.1, 0.15) is 18.2 Å².